The van der Waals surface area contributed by atoms with Gasteiger partial charge in [-0.3, -0.25) is 14.9 Å². The molecule has 7 nitrogen and oxygen atoms in total. The van der Waals surface area contributed by atoms with Gasteiger partial charge >= 0.3 is 6.03 Å². The Hall–Kier alpha value is -3.55. The molecule has 1 heterocycles. The van der Waals surface area contributed by atoms with Crippen LogP contribution in [0, 0.1) is 0 Å². The van der Waals surface area contributed by atoms with E-state index >= 15 is 0 Å². The van der Waals surface area contributed by atoms with Crippen molar-refractivity contribution in [3.05, 3.63) is 69.7 Å². The Balaban J connectivity index is 1.90. The molecule has 0 spiro atoms. The van der Waals surface area contributed by atoms with E-state index in [2.05, 4.69) is 5.32 Å². The summed E-state index contributed by atoms with van der Waals surface area (Å²) in [5.74, 6) is -0.561. The van der Waals surface area contributed by atoms with E-state index in [9.17, 15) is 14.4 Å². The van der Waals surface area contributed by atoms with Crippen molar-refractivity contribution < 1.29 is 23.9 Å². The van der Waals surface area contributed by atoms with E-state index < -0.39 is 17.8 Å². The number of benzene rings is 3. The molecule has 9 heteroatoms. The predicted octanol–water partition coefficient (Wildman–Crippen LogP) is 5.61. The van der Waals surface area contributed by atoms with Crippen molar-refractivity contribution >= 4 is 63.6 Å². The van der Waals surface area contributed by atoms with Gasteiger partial charge in [0.1, 0.15) is 17.1 Å². The number of rotatable bonds is 6. The quantitative estimate of drug-likeness (QED) is 0.352. The molecule has 1 N–H and O–H groups in total. The first kappa shape index (κ1) is 23.6. The van der Waals surface area contributed by atoms with Crippen LogP contribution in [0.4, 0.5) is 10.5 Å². The third kappa shape index (κ3) is 4.32. The van der Waals surface area contributed by atoms with E-state index in [-0.39, 0.29) is 21.3 Å². The van der Waals surface area contributed by atoms with Gasteiger partial charge in [-0.05, 0) is 61.0 Å². The number of anilines is 1. The minimum atomic E-state index is -0.919. The number of nitrogens with one attached hydrogen (secondary N) is 1. The number of carbonyl (C=O) groups is 3. The molecule has 1 aliphatic rings. The van der Waals surface area contributed by atoms with Crippen LogP contribution in [-0.4, -0.2) is 31.1 Å². The number of urea groups is 1. The van der Waals surface area contributed by atoms with Crippen molar-refractivity contribution in [2.45, 2.75) is 13.8 Å². The van der Waals surface area contributed by atoms with E-state index in [1.807, 2.05) is 38.1 Å². The number of barbiturate groups is 1. The number of halogens is 2. The van der Waals surface area contributed by atoms with Gasteiger partial charge in [0.25, 0.3) is 11.8 Å². The van der Waals surface area contributed by atoms with Crippen LogP contribution in [0.25, 0.3) is 16.8 Å². The first-order chi connectivity index (χ1) is 16.3. The van der Waals surface area contributed by atoms with Crippen molar-refractivity contribution in [3.63, 3.8) is 0 Å². The highest BCUT2D eigenvalue weighted by Gasteiger charge is 2.38. The van der Waals surface area contributed by atoms with Crippen LogP contribution in [0.1, 0.15) is 19.4 Å². The minimum absolute atomic E-state index is 0.0166. The van der Waals surface area contributed by atoms with Crippen molar-refractivity contribution in [2.75, 3.05) is 18.1 Å². The molecule has 0 aliphatic carbocycles. The van der Waals surface area contributed by atoms with Crippen molar-refractivity contribution in [3.8, 4) is 11.5 Å². The molecule has 1 fully saturated rings. The Morgan fingerprint density at radius 2 is 1.71 bits per heavy atom. The molecule has 4 amide bonds. The van der Waals surface area contributed by atoms with Crippen molar-refractivity contribution in [1.82, 2.24) is 5.32 Å². The largest absolute Gasteiger partial charge is 0.494 e. The molecule has 0 radical (unpaired) electrons. The lowest BCUT2D eigenvalue weighted by Gasteiger charge is -2.27. The molecule has 0 saturated carbocycles. The summed E-state index contributed by atoms with van der Waals surface area (Å²) in [6.07, 6.45) is 1.42. The molecule has 0 atom stereocenters. The zero-order chi connectivity index (χ0) is 24.4. The third-order valence-corrected chi connectivity index (χ3v) is 5.98. The second-order valence-corrected chi connectivity index (χ2v) is 8.04. The summed E-state index contributed by atoms with van der Waals surface area (Å²) in [6, 6.07) is 12.8. The lowest BCUT2D eigenvalue weighted by molar-refractivity contribution is -0.122. The normalized spacial score (nSPS) is 15.1. The van der Waals surface area contributed by atoms with Crippen LogP contribution in [0.2, 0.25) is 10.0 Å². The molecule has 1 aliphatic heterocycles. The second-order valence-electron chi connectivity index (χ2n) is 7.26. The van der Waals surface area contributed by atoms with E-state index in [0.717, 1.165) is 10.3 Å². The van der Waals surface area contributed by atoms with Gasteiger partial charge in [0.2, 0.25) is 0 Å². The van der Waals surface area contributed by atoms with E-state index in [0.29, 0.717) is 35.7 Å². The maximum absolute atomic E-state index is 13.4. The van der Waals surface area contributed by atoms with E-state index in [4.69, 9.17) is 32.7 Å². The summed E-state index contributed by atoms with van der Waals surface area (Å²) in [5.41, 5.74) is 0.313. The summed E-state index contributed by atoms with van der Waals surface area (Å²) in [4.78, 5) is 39.5. The number of amides is 4. The highest BCUT2D eigenvalue weighted by Crippen LogP contribution is 2.36. The fraction of sp³-hybridized carbons (Fsp3) is 0.160. The van der Waals surface area contributed by atoms with Gasteiger partial charge in [-0.15, -0.1) is 0 Å². The topological polar surface area (TPSA) is 84.9 Å². The van der Waals surface area contributed by atoms with Gasteiger partial charge in [0.15, 0.2) is 0 Å². The third-order valence-electron chi connectivity index (χ3n) is 5.17. The first-order valence-corrected chi connectivity index (χ1v) is 11.3. The van der Waals surface area contributed by atoms with Gasteiger partial charge in [-0.1, -0.05) is 41.4 Å². The number of carbonyl (C=O) groups excluding carboxylic acids is 3. The number of nitrogens with zero attached hydrogens (tertiary/aromatic N) is 1. The van der Waals surface area contributed by atoms with Crippen LogP contribution in [0.5, 0.6) is 11.5 Å². The highest BCUT2D eigenvalue weighted by atomic mass is 35.5. The predicted molar refractivity (Wildman–Crippen MR) is 132 cm³/mol. The summed E-state index contributed by atoms with van der Waals surface area (Å²) in [6.45, 7) is 4.56. The standard InChI is InChI=1S/C25H20Cl2N2O5/c1-3-33-15-10-8-14-9-11-21(34-4-2)17(16(14)12-15)13-18-23(30)28-25(32)29(24(18)31)20-7-5-6-19(26)22(20)27/h5-13H,3-4H2,1-2H3,(H,28,30,32)/b18-13+. The average molecular weight is 499 g/mol. The minimum Gasteiger partial charge on any atom is -0.494 e. The van der Waals surface area contributed by atoms with Gasteiger partial charge in [0, 0.05) is 5.56 Å². The SMILES string of the molecule is CCOc1ccc2ccc(OCC)c(/C=C3\C(=O)NC(=O)N(c4cccc(Cl)c4Cl)C3=O)c2c1. The molecule has 0 bridgehead atoms. The molecule has 34 heavy (non-hydrogen) atoms. The van der Waals surface area contributed by atoms with Gasteiger partial charge in [0.05, 0.1) is 28.9 Å². The molecule has 1 saturated heterocycles. The molecule has 174 valence electrons. The molecule has 0 aromatic heterocycles. The lowest BCUT2D eigenvalue weighted by Crippen LogP contribution is -2.54. The molecule has 4 rings (SSSR count). The number of imide groups is 2. The fourth-order valence-corrected chi connectivity index (χ4v) is 4.05. The number of ether oxygens (including phenoxy) is 2. The van der Waals surface area contributed by atoms with Crippen LogP contribution in [0.15, 0.2) is 54.1 Å². The number of fused-ring (bicyclic) bond motifs is 1. The summed E-state index contributed by atoms with van der Waals surface area (Å²) in [5, 5.41) is 3.95. The van der Waals surface area contributed by atoms with E-state index in [1.54, 1.807) is 12.1 Å². The van der Waals surface area contributed by atoms with Gasteiger partial charge < -0.3 is 9.47 Å². The van der Waals surface area contributed by atoms with Crippen LogP contribution < -0.4 is 19.7 Å². The fourth-order valence-electron chi connectivity index (χ4n) is 3.67. The van der Waals surface area contributed by atoms with E-state index in [1.165, 1.54) is 18.2 Å². The Bertz CT molecular complexity index is 1350. The molecule has 3 aromatic rings. The zero-order valence-electron chi connectivity index (χ0n) is 18.4. The Kier molecular flexibility index (Phi) is 6.77. The van der Waals surface area contributed by atoms with Gasteiger partial charge in [-0.2, -0.15) is 0 Å². The molecule has 3 aromatic carbocycles. The smallest absolute Gasteiger partial charge is 0.336 e. The summed E-state index contributed by atoms with van der Waals surface area (Å²) < 4.78 is 11.4. The second kappa shape index (κ2) is 9.75. The summed E-state index contributed by atoms with van der Waals surface area (Å²) >= 11 is 12.3. The Labute approximate surface area is 205 Å². The number of hydrogen-bond acceptors (Lipinski definition) is 5. The van der Waals surface area contributed by atoms with Crippen LogP contribution in [0.3, 0.4) is 0 Å². The zero-order valence-corrected chi connectivity index (χ0v) is 19.9. The van der Waals surface area contributed by atoms with Gasteiger partial charge in [-0.25, -0.2) is 9.69 Å². The molecular weight excluding hydrogens is 479 g/mol. The maximum Gasteiger partial charge on any atom is 0.336 e. The molecule has 0 unspecified atom stereocenters. The lowest BCUT2D eigenvalue weighted by atomic mass is 9.99. The highest BCUT2D eigenvalue weighted by molar-refractivity contribution is 6.46. The van der Waals surface area contributed by atoms with Crippen molar-refractivity contribution in [2.24, 2.45) is 0 Å². The monoisotopic (exact) mass is 498 g/mol. The van der Waals surface area contributed by atoms with Crippen molar-refractivity contribution in [1.29, 1.82) is 0 Å². The maximum atomic E-state index is 13.4. The van der Waals surface area contributed by atoms with Crippen LogP contribution in [-0.2, 0) is 9.59 Å². The summed E-state index contributed by atoms with van der Waals surface area (Å²) in [7, 11) is 0. The first-order valence-electron chi connectivity index (χ1n) is 10.5. The van der Waals surface area contributed by atoms with Crippen LogP contribution >= 0.6 is 23.2 Å². The average Bonchev–Trinajstić information content (AvgIpc) is 2.80. The Morgan fingerprint density at radius 3 is 2.44 bits per heavy atom. The number of hydrogen-bond donors (Lipinski definition) is 1. The molecular formula is C25H20Cl2N2O5. The Morgan fingerprint density at radius 1 is 0.971 bits per heavy atom.